The predicted octanol–water partition coefficient (Wildman–Crippen LogP) is 3.44. The van der Waals surface area contributed by atoms with E-state index in [4.69, 9.17) is 9.47 Å². The maximum absolute atomic E-state index is 14.0. The van der Waals surface area contributed by atoms with Gasteiger partial charge in [-0.3, -0.25) is 4.90 Å². The van der Waals surface area contributed by atoms with Crippen molar-refractivity contribution < 1.29 is 27.1 Å². The van der Waals surface area contributed by atoms with Crippen molar-refractivity contribution in [2.75, 3.05) is 26.2 Å². The monoisotopic (exact) mass is 478 g/mol. The second kappa shape index (κ2) is 10.2. The van der Waals surface area contributed by atoms with E-state index in [-0.39, 0.29) is 4.90 Å². The highest BCUT2D eigenvalue weighted by Gasteiger charge is 2.29. The maximum atomic E-state index is 14.0. The summed E-state index contributed by atoms with van der Waals surface area (Å²) in [6, 6.07) is 12.5. The number of rotatable bonds is 7. The van der Waals surface area contributed by atoms with E-state index in [1.165, 1.54) is 22.5 Å². The Balaban J connectivity index is 1.65. The lowest BCUT2D eigenvalue weighted by Crippen LogP contribution is -2.48. The van der Waals surface area contributed by atoms with Crippen molar-refractivity contribution in [3.05, 3.63) is 59.9 Å². The van der Waals surface area contributed by atoms with Crippen LogP contribution in [0.3, 0.4) is 0 Å². The molecular formula is C24H31FN2O5S. The fourth-order valence-corrected chi connectivity index (χ4v) is 4.96. The first kappa shape index (κ1) is 25.1. The molecule has 0 aromatic heterocycles. The first-order valence-corrected chi connectivity index (χ1v) is 12.4. The SMILES string of the molecule is C[C@H](Oc1ccc(F)cc1CN1CCN(S(=O)(=O)c2ccccc2)CC1)C(=O)OC(C)(C)C. The highest BCUT2D eigenvalue weighted by atomic mass is 32.2. The molecule has 1 atom stereocenters. The van der Waals surface area contributed by atoms with Gasteiger partial charge in [-0.15, -0.1) is 0 Å². The van der Waals surface area contributed by atoms with Gasteiger partial charge in [0.2, 0.25) is 10.0 Å². The lowest BCUT2D eigenvalue weighted by Gasteiger charge is -2.34. The van der Waals surface area contributed by atoms with Gasteiger partial charge < -0.3 is 9.47 Å². The third kappa shape index (κ3) is 6.75. The number of nitrogens with zero attached hydrogens (tertiary/aromatic N) is 2. The molecule has 3 rings (SSSR count). The molecule has 2 aromatic carbocycles. The van der Waals surface area contributed by atoms with Crippen molar-refractivity contribution in [3.8, 4) is 5.75 Å². The molecule has 0 aliphatic carbocycles. The molecule has 1 heterocycles. The maximum Gasteiger partial charge on any atom is 0.347 e. The number of piperazine rings is 1. The van der Waals surface area contributed by atoms with Crippen LogP contribution in [0.4, 0.5) is 4.39 Å². The van der Waals surface area contributed by atoms with Gasteiger partial charge in [-0.2, -0.15) is 4.31 Å². The summed E-state index contributed by atoms with van der Waals surface area (Å²) in [6.45, 7) is 8.93. The molecule has 1 fully saturated rings. The van der Waals surface area contributed by atoms with E-state index in [1.807, 2.05) is 4.90 Å². The average molecular weight is 479 g/mol. The largest absolute Gasteiger partial charge is 0.479 e. The van der Waals surface area contributed by atoms with Crippen molar-refractivity contribution in [3.63, 3.8) is 0 Å². The number of carbonyl (C=O) groups excluding carboxylic acids is 1. The van der Waals surface area contributed by atoms with Crippen LogP contribution in [-0.2, 0) is 26.1 Å². The molecule has 0 bridgehead atoms. The number of halogens is 1. The number of ether oxygens (including phenoxy) is 2. The Bertz CT molecular complexity index is 1060. The highest BCUT2D eigenvalue weighted by Crippen LogP contribution is 2.25. The molecule has 180 valence electrons. The van der Waals surface area contributed by atoms with Crippen molar-refractivity contribution in [2.24, 2.45) is 0 Å². The molecule has 2 aromatic rings. The fourth-order valence-electron chi connectivity index (χ4n) is 3.52. The van der Waals surface area contributed by atoms with Gasteiger partial charge in [-0.25, -0.2) is 17.6 Å². The average Bonchev–Trinajstić information content (AvgIpc) is 2.75. The quantitative estimate of drug-likeness (QED) is 0.568. The molecule has 7 nitrogen and oxygen atoms in total. The van der Waals surface area contributed by atoms with Crippen molar-refractivity contribution in [2.45, 2.75) is 50.8 Å². The van der Waals surface area contributed by atoms with Crippen LogP contribution in [0.25, 0.3) is 0 Å². The Hall–Kier alpha value is -2.49. The first-order chi connectivity index (χ1) is 15.5. The standard InChI is InChI=1S/C24H31FN2O5S/c1-18(23(28)32-24(2,3)4)31-22-11-10-20(25)16-19(22)17-26-12-14-27(15-13-26)33(29,30)21-8-6-5-7-9-21/h5-11,16,18H,12-15,17H2,1-4H3/t18-/m0/s1. The number of esters is 1. The first-order valence-electron chi connectivity index (χ1n) is 10.9. The van der Waals surface area contributed by atoms with Crippen LogP contribution in [0.2, 0.25) is 0 Å². The van der Waals surface area contributed by atoms with Crippen LogP contribution in [-0.4, -0.2) is 61.5 Å². The Kier molecular flexibility index (Phi) is 7.76. The topological polar surface area (TPSA) is 76.2 Å². The second-order valence-electron chi connectivity index (χ2n) is 9.04. The van der Waals surface area contributed by atoms with Crippen molar-refractivity contribution >= 4 is 16.0 Å². The molecule has 1 aliphatic heterocycles. The second-order valence-corrected chi connectivity index (χ2v) is 11.0. The zero-order valence-corrected chi connectivity index (χ0v) is 20.3. The summed E-state index contributed by atoms with van der Waals surface area (Å²) in [5, 5.41) is 0. The number of carbonyl (C=O) groups is 1. The summed E-state index contributed by atoms with van der Waals surface area (Å²) in [4.78, 5) is 14.6. The van der Waals surface area contributed by atoms with Crippen molar-refractivity contribution in [1.29, 1.82) is 0 Å². The van der Waals surface area contributed by atoms with E-state index in [1.54, 1.807) is 58.0 Å². The number of hydrogen-bond donors (Lipinski definition) is 0. The van der Waals surface area contributed by atoms with E-state index >= 15 is 0 Å². The van der Waals surface area contributed by atoms with Gasteiger partial charge >= 0.3 is 5.97 Å². The molecule has 0 unspecified atom stereocenters. The smallest absolute Gasteiger partial charge is 0.347 e. The Morgan fingerprint density at radius 1 is 1.06 bits per heavy atom. The molecule has 0 N–H and O–H groups in total. The minimum atomic E-state index is -3.54. The predicted molar refractivity (Wildman–Crippen MR) is 123 cm³/mol. The van der Waals surface area contributed by atoms with E-state index in [9.17, 15) is 17.6 Å². The van der Waals surface area contributed by atoms with Gasteiger partial charge in [-0.05, 0) is 58.0 Å². The molecule has 1 saturated heterocycles. The number of benzene rings is 2. The van der Waals surface area contributed by atoms with Crippen LogP contribution in [0, 0.1) is 5.82 Å². The van der Waals surface area contributed by atoms with Gasteiger partial charge in [0, 0.05) is 38.3 Å². The molecular weight excluding hydrogens is 447 g/mol. The van der Waals surface area contributed by atoms with Crippen molar-refractivity contribution in [1.82, 2.24) is 9.21 Å². The molecule has 0 spiro atoms. The summed E-state index contributed by atoms with van der Waals surface area (Å²) in [5.41, 5.74) is -0.0510. The third-order valence-electron chi connectivity index (χ3n) is 5.17. The minimum absolute atomic E-state index is 0.274. The normalized spacial score (nSPS) is 16.9. The van der Waals surface area contributed by atoms with Crippen LogP contribution in [0.5, 0.6) is 5.75 Å². The summed E-state index contributed by atoms with van der Waals surface area (Å²) in [7, 11) is -3.54. The summed E-state index contributed by atoms with van der Waals surface area (Å²) < 4.78 is 52.3. The summed E-state index contributed by atoms with van der Waals surface area (Å²) in [6.07, 6.45) is -0.860. The van der Waals surface area contributed by atoms with Crippen LogP contribution < -0.4 is 4.74 Å². The molecule has 33 heavy (non-hydrogen) atoms. The number of sulfonamides is 1. The highest BCUT2D eigenvalue weighted by molar-refractivity contribution is 7.89. The Morgan fingerprint density at radius 3 is 2.30 bits per heavy atom. The van der Waals surface area contributed by atoms with Crippen LogP contribution in [0.15, 0.2) is 53.4 Å². The molecule has 0 radical (unpaired) electrons. The van der Waals surface area contributed by atoms with Crippen LogP contribution in [0.1, 0.15) is 33.3 Å². The van der Waals surface area contributed by atoms with Gasteiger partial charge in [0.15, 0.2) is 6.10 Å². The number of hydrogen-bond acceptors (Lipinski definition) is 6. The molecule has 0 saturated carbocycles. The van der Waals surface area contributed by atoms with Gasteiger partial charge in [0.25, 0.3) is 0 Å². The molecule has 9 heteroatoms. The van der Waals surface area contributed by atoms with Gasteiger partial charge in [0.05, 0.1) is 4.90 Å². The molecule has 1 aliphatic rings. The Labute approximate surface area is 195 Å². The van der Waals surface area contributed by atoms with Gasteiger partial charge in [0.1, 0.15) is 17.2 Å². The fraction of sp³-hybridized carbons (Fsp3) is 0.458. The zero-order chi connectivity index (χ0) is 24.2. The zero-order valence-electron chi connectivity index (χ0n) is 19.5. The van der Waals surface area contributed by atoms with Crippen LogP contribution >= 0.6 is 0 Å². The minimum Gasteiger partial charge on any atom is -0.479 e. The summed E-state index contributed by atoms with van der Waals surface area (Å²) in [5.74, 6) is -0.515. The van der Waals surface area contributed by atoms with Gasteiger partial charge in [-0.1, -0.05) is 18.2 Å². The lowest BCUT2D eigenvalue weighted by molar-refractivity contribution is -0.162. The third-order valence-corrected chi connectivity index (χ3v) is 7.08. The van der Waals surface area contributed by atoms with E-state index < -0.39 is 33.5 Å². The Morgan fingerprint density at radius 2 is 1.70 bits per heavy atom. The van der Waals surface area contributed by atoms with E-state index in [2.05, 4.69) is 0 Å². The summed E-state index contributed by atoms with van der Waals surface area (Å²) >= 11 is 0. The lowest BCUT2D eigenvalue weighted by atomic mass is 10.1. The van der Waals surface area contributed by atoms with E-state index in [0.717, 1.165) is 0 Å². The molecule has 0 amide bonds. The van der Waals surface area contributed by atoms with E-state index in [0.29, 0.717) is 44.0 Å².